The normalized spacial score (nSPS) is 10.2. The first kappa shape index (κ1) is 15.6. The molecule has 2 N–H and O–H groups in total. The minimum absolute atomic E-state index is 0.257. The van der Waals surface area contributed by atoms with E-state index in [1.54, 1.807) is 18.2 Å². The first-order valence-electron chi connectivity index (χ1n) is 6.48. The number of hydrogen-bond acceptors (Lipinski definition) is 3. The highest BCUT2D eigenvalue weighted by molar-refractivity contribution is 7.80. The average molecular weight is 322 g/mol. The largest absolute Gasteiger partial charge is 0.490 e. The number of thiocarbonyl (C=S) groups is 1. The van der Waals surface area contributed by atoms with Crippen molar-refractivity contribution in [1.82, 2.24) is 0 Å². The van der Waals surface area contributed by atoms with Gasteiger partial charge in [-0.25, -0.2) is 0 Å². The molecule has 0 aliphatic rings. The van der Waals surface area contributed by atoms with Gasteiger partial charge >= 0.3 is 0 Å². The van der Waals surface area contributed by atoms with Crippen molar-refractivity contribution in [3.63, 3.8) is 0 Å². The number of benzene rings is 2. The molecule has 0 heterocycles. The van der Waals surface area contributed by atoms with Gasteiger partial charge in [-0.05, 0) is 42.8 Å². The summed E-state index contributed by atoms with van der Waals surface area (Å²) in [7, 11) is 0. The Morgan fingerprint density at radius 3 is 2.62 bits per heavy atom. The molecule has 2 aromatic rings. The summed E-state index contributed by atoms with van der Waals surface area (Å²) in [5, 5.41) is 0.571. The quantitative estimate of drug-likeness (QED) is 0.650. The molecule has 2 rings (SSSR count). The lowest BCUT2D eigenvalue weighted by molar-refractivity contribution is 0.217. The summed E-state index contributed by atoms with van der Waals surface area (Å²) in [5.74, 6) is 1.43. The van der Waals surface area contributed by atoms with Crippen LogP contribution in [0.25, 0.3) is 0 Å². The van der Waals surface area contributed by atoms with E-state index in [0.29, 0.717) is 29.5 Å². The van der Waals surface area contributed by atoms with Gasteiger partial charge in [0, 0.05) is 5.02 Å². The summed E-state index contributed by atoms with van der Waals surface area (Å²) in [6.45, 7) is 2.85. The van der Waals surface area contributed by atoms with Gasteiger partial charge in [0.15, 0.2) is 0 Å². The third-order valence-corrected chi connectivity index (χ3v) is 3.26. The second-order valence-electron chi connectivity index (χ2n) is 4.52. The molecule has 0 aliphatic carbocycles. The Bertz CT molecular complexity index is 646. The second-order valence-corrected chi connectivity index (χ2v) is 5.39. The standard InChI is InChI=1S/C16H16ClNO2S/c1-11-3-2-4-13(9-11)19-7-8-20-15-6-5-12(17)10-14(15)16(18)21/h2-6,9-10H,7-8H2,1H3,(H2,18,21). The number of hydrogen-bond donors (Lipinski definition) is 1. The van der Waals surface area contributed by atoms with Crippen molar-refractivity contribution in [2.45, 2.75) is 6.92 Å². The molecule has 110 valence electrons. The fourth-order valence-electron chi connectivity index (χ4n) is 1.84. The molecule has 0 saturated carbocycles. The lowest BCUT2D eigenvalue weighted by Gasteiger charge is -2.12. The molecule has 0 bridgehead atoms. The van der Waals surface area contributed by atoms with E-state index in [0.717, 1.165) is 11.3 Å². The third-order valence-electron chi connectivity index (χ3n) is 2.81. The van der Waals surface area contributed by atoms with Crippen LogP contribution in [-0.2, 0) is 0 Å². The van der Waals surface area contributed by atoms with Crippen molar-refractivity contribution >= 4 is 28.8 Å². The monoisotopic (exact) mass is 321 g/mol. The van der Waals surface area contributed by atoms with Gasteiger partial charge in [-0.15, -0.1) is 0 Å². The Morgan fingerprint density at radius 2 is 1.90 bits per heavy atom. The van der Waals surface area contributed by atoms with Crippen molar-refractivity contribution in [2.24, 2.45) is 5.73 Å². The third kappa shape index (κ3) is 4.62. The van der Waals surface area contributed by atoms with Crippen molar-refractivity contribution < 1.29 is 9.47 Å². The first-order chi connectivity index (χ1) is 10.1. The van der Waals surface area contributed by atoms with E-state index in [-0.39, 0.29) is 4.99 Å². The molecule has 2 aromatic carbocycles. The fourth-order valence-corrected chi connectivity index (χ4v) is 2.17. The molecular weight excluding hydrogens is 306 g/mol. The van der Waals surface area contributed by atoms with E-state index in [4.69, 9.17) is 39.0 Å². The van der Waals surface area contributed by atoms with Crippen molar-refractivity contribution in [2.75, 3.05) is 13.2 Å². The van der Waals surface area contributed by atoms with Crippen LogP contribution in [0, 0.1) is 6.92 Å². The molecule has 21 heavy (non-hydrogen) atoms. The highest BCUT2D eigenvalue weighted by Gasteiger charge is 2.07. The van der Waals surface area contributed by atoms with Crippen LogP contribution in [0.1, 0.15) is 11.1 Å². The number of nitrogens with two attached hydrogens (primary N) is 1. The zero-order valence-corrected chi connectivity index (χ0v) is 13.2. The van der Waals surface area contributed by atoms with E-state index in [2.05, 4.69) is 0 Å². The summed E-state index contributed by atoms with van der Waals surface area (Å²) >= 11 is 10.9. The van der Waals surface area contributed by atoms with Crippen molar-refractivity contribution in [1.29, 1.82) is 0 Å². The summed E-state index contributed by atoms with van der Waals surface area (Å²) in [5.41, 5.74) is 7.44. The SMILES string of the molecule is Cc1cccc(OCCOc2ccc(Cl)cc2C(N)=S)c1. The Morgan fingerprint density at radius 1 is 1.14 bits per heavy atom. The summed E-state index contributed by atoms with van der Waals surface area (Å²) in [6.07, 6.45) is 0. The summed E-state index contributed by atoms with van der Waals surface area (Å²) in [6, 6.07) is 13.0. The zero-order valence-electron chi connectivity index (χ0n) is 11.6. The number of aryl methyl sites for hydroxylation is 1. The highest BCUT2D eigenvalue weighted by Crippen LogP contribution is 2.23. The van der Waals surface area contributed by atoms with E-state index >= 15 is 0 Å². The Kier molecular flexibility index (Phi) is 5.42. The number of ether oxygens (including phenoxy) is 2. The van der Waals surface area contributed by atoms with Gasteiger partial charge in [0.1, 0.15) is 29.7 Å². The van der Waals surface area contributed by atoms with Crippen LogP contribution in [-0.4, -0.2) is 18.2 Å². The molecule has 5 heteroatoms. The van der Waals surface area contributed by atoms with Gasteiger partial charge in [0.25, 0.3) is 0 Å². The maximum atomic E-state index is 5.92. The van der Waals surface area contributed by atoms with Crippen LogP contribution < -0.4 is 15.2 Å². The van der Waals surface area contributed by atoms with Crippen LogP contribution >= 0.6 is 23.8 Å². The van der Waals surface area contributed by atoms with Crippen molar-refractivity contribution in [3.8, 4) is 11.5 Å². The van der Waals surface area contributed by atoms with Crippen LogP contribution in [0.3, 0.4) is 0 Å². The smallest absolute Gasteiger partial charge is 0.129 e. The Hall–Kier alpha value is -1.78. The van der Waals surface area contributed by atoms with Gasteiger partial charge in [-0.2, -0.15) is 0 Å². The number of halogens is 1. The molecule has 0 atom stereocenters. The lowest BCUT2D eigenvalue weighted by atomic mass is 10.2. The predicted octanol–water partition coefficient (Wildman–Crippen LogP) is 3.74. The van der Waals surface area contributed by atoms with Gasteiger partial charge in [-0.1, -0.05) is 36.0 Å². The average Bonchev–Trinajstić information content (AvgIpc) is 2.44. The lowest BCUT2D eigenvalue weighted by Crippen LogP contribution is -2.14. The van der Waals surface area contributed by atoms with Crippen LogP contribution in [0.15, 0.2) is 42.5 Å². The van der Waals surface area contributed by atoms with E-state index < -0.39 is 0 Å². The predicted molar refractivity (Wildman–Crippen MR) is 89.5 cm³/mol. The van der Waals surface area contributed by atoms with Crippen LogP contribution in [0.2, 0.25) is 5.02 Å². The topological polar surface area (TPSA) is 44.5 Å². The van der Waals surface area contributed by atoms with Gasteiger partial charge in [0.2, 0.25) is 0 Å². The Balaban J connectivity index is 1.90. The molecule has 0 saturated heterocycles. The van der Waals surface area contributed by atoms with E-state index in [1.165, 1.54) is 0 Å². The maximum absolute atomic E-state index is 5.92. The van der Waals surface area contributed by atoms with Gasteiger partial charge < -0.3 is 15.2 Å². The molecule has 0 aliphatic heterocycles. The van der Waals surface area contributed by atoms with Gasteiger partial charge in [0.05, 0.1) is 5.56 Å². The molecular formula is C16H16ClNO2S. The van der Waals surface area contributed by atoms with E-state index in [9.17, 15) is 0 Å². The fraction of sp³-hybridized carbons (Fsp3) is 0.188. The minimum Gasteiger partial charge on any atom is -0.490 e. The number of rotatable bonds is 6. The summed E-state index contributed by atoms with van der Waals surface area (Å²) in [4.78, 5) is 0.257. The van der Waals surface area contributed by atoms with E-state index in [1.807, 2.05) is 31.2 Å². The summed E-state index contributed by atoms with van der Waals surface area (Å²) < 4.78 is 11.3. The zero-order chi connectivity index (χ0) is 15.2. The Labute approximate surface area is 134 Å². The van der Waals surface area contributed by atoms with Crippen molar-refractivity contribution in [3.05, 3.63) is 58.6 Å². The second kappa shape index (κ2) is 7.29. The van der Waals surface area contributed by atoms with Crippen LogP contribution in [0.4, 0.5) is 0 Å². The minimum atomic E-state index is 0.257. The van der Waals surface area contributed by atoms with Crippen LogP contribution in [0.5, 0.6) is 11.5 Å². The molecule has 0 radical (unpaired) electrons. The molecule has 0 amide bonds. The maximum Gasteiger partial charge on any atom is 0.129 e. The molecule has 0 spiro atoms. The highest BCUT2D eigenvalue weighted by atomic mass is 35.5. The molecule has 0 aromatic heterocycles. The molecule has 0 unspecified atom stereocenters. The first-order valence-corrected chi connectivity index (χ1v) is 7.26. The van der Waals surface area contributed by atoms with Gasteiger partial charge in [-0.3, -0.25) is 0 Å². The molecule has 0 fully saturated rings. The molecule has 3 nitrogen and oxygen atoms in total.